The van der Waals surface area contributed by atoms with Crippen LogP contribution < -0.4 is 46.7 Å². The number of para-hydroxylation sites is 3. The van der Waals surface area contributed by atoms with E-state index in [1.807, 2.05) is 41.5 Å². The molecule has 12 heterocycles. The second-order valence-electron chi connectivity index (χ2n) is 32.9. The maximum atomic E-state index is 17.2. The first kappa shape index (κ1) is 87.4. The van der Waals surface area contributed by atoms with Gasteiger partial charge in [0, 0.05) is 88.1 Å². The lowest BCUT2D eigenvalue weighted by Crippen LogP contribution is -2.60. The number of amides is 5. The normalized spacial score (nSPS) is 16.3. The minimum Gasteiger partial charge on any atom is -0.507 e. The van der Waals surface area contributed by atoms with Crippen molar-refractivity contribution < 1.29 is 70.4 Å². The highest BCUT2D eigenvalue weighted by Gasteiger charge is 2.47. The van der Waals surface area contributed by atoms with Gasteiger partial charge in [-0.05, 0) is 110 Å². The summed E-state index contributed by atoms with van der Waals surface area (Å²) in [6, 6.07) is 19.6. The summed E-state index contributed by atoms with van der Waals surface area (Å²) in [5.41, 5.74) is -1.95. The number of benzene rings is 6. The molecule has 4 N–H and O–H groups in total. The number of likely N-dealkylation sites (N-methyl/N-ethyl adjacent to an activating group) is 1. The van der Waals surface area contributed by atoms with E-state index in [1.54, 1.807) is 79.5 Å². The summed E-state index contributed by atoms with van der Waals surface area (Å²) in [7, 11) is 1.36. The summed E-state index contributed by atoms with van der Waals surface area (Å²) in [6.45, 7) is 28.2. The van der Waals surface area contributed by atoms with Crippen LogP contribution in [-0.2, 0) is 24.0 Å². The van der Waals surface area contributed by atoms with E-state index in [-0.39, 0.29) is 190 Å². The fraction of sp³-hybridized carbons (Fsp3) is 0.277. The summed E-state index contributed by atoms with van der Waals surface area (Å²) < 4.78 is 110. The third-order valence-corrected chi connectivity index (χ3v) is 24.2. The molecule has 0 bridgehead atoms. The van der Waals surface area contributed by atoms with Crippen LogP contribution in [0.1, 0.15) is 93.1 Å². The predicted molar refractivity (Wildman–Crippen MR) is 474 cm³/mol. The third kappa shape index (κ3) is 14.5. The highest BCUT2D eigenvalue weighted by atomic mass is 19.2. The molecule has 3 unspecified atom stereocenters. The molecule has 0 radical (unpaired) electrons. The molecule has 5 amide bonds. The van der Waals surface area contributed by atoms with Gasteiger partial charge < -0.3 is 59.7 Å². The Morgan fingerprint density at radius 3 is 1.22 bits per heavy atom. The van der Waals surface area contributed by atoms with Gasteiger partial charge in [-0.2, -0.15) is 15.0 Å². The number of hydrogen-bond donors (Lipinski definition) is 4. The number of hydrogen-bond acceptors (Lipinski definition) is 21. The fourth-order valence-corrected chi connectivity index (χ4v) is 18.1. The van der Waals surface area contributed by atoms with Crippen LogP contribution in [-0.4, -0.2) is 194 Å². The number of phenols is 3. The molecule has 662 valence electrons. The van der Waals surface area contributed by atoms with Gasteiger partial charge in [0.1, 0.15) is 69.9 Å². The number of pyridine rings is 3. The lowest BCUT2D eigenvalue weighted by atomic mass is 9.98. The number of piperazine rings is 3. The number of fused-ring (bicyclic) bond motifs is 6. The molecule has 6 aliphatic rings. The van der Waals surface area contributed by atoms with Crippen molar-refractivity contribution >= 4 is 91.1 Å². The summed E-state index contributed by atoms with van der Waals surface area (Å²) in [5, 5.41) is 34.4. The average Bonchev–Trinajstić information content (AvgIpc) is 1.68. The molecule has 0 aliphatic carbocycles. The third-order valence-electron chi connectivity index (χ3n) is 24.2. The van der Waals surface area contributed by atoms with Gasteiger partial charge in [0.25, 0.3) is 5.91 Å². The van der Waals surface area contributed by atoms with E-state index in [1.165, 1.54) is 93.4 Å². The van der Waals surface area contributed by atoms with Gasteiger partial charge in [-0.3, -0.25) is 52.6 Å². The van der Waals surface area contributed by atoms with Crippen molar-refractivity contribution in [2.24, 2.45) is 0 Å². The SMILES string of the molecule is C=CC(=O)N1CCN2c3nc(=O)n(-c4c(C)ccnc4C(C)C)c4c(F)c(-c5ccccc5O)c(F)c(c34)N(C)C(=O)C2C1.C=CC(=O)N1CCN2c3nc(=O)n(-c4c(C)ccnc4C(C)C)c4c(F)c(-c5ccccc5O)c(F)c(c34)NC(=O)C2C1.C=CC(=O)N1CCN2c3nc(=O)n(-c4c(C)ccnc4C(C)C)c4c(F)c(-c5ccccc5O)c(F)c(c34)OCC2C1. The molecule has 129 heavy (non-hydrogen) atoms. The van der Waals surface area contributed by atoms with Crippen molar-refractivity contribution in [1.29, 1.82) is 0 Å². The molecular weight excluding hydrogens is 1670 g/mol. The average molecular weight is 1760 g/mol. The summed E-state index contributed by atoms with van der Waals surface area (Å²) in [6.07, 6.45) is 8.28. The number of nitrogens with zero attached hydrogens (tertiary/aromatic N) is 16. The van der Waals surface area contributed by atoms with E-state index in [0.717, 1.165) is 30.8 Å². The van der Waals surface area contributed by atoms with E-state index in [2.05, 4.69) is 55.0 Å². The number of carbonyl (C=O) groups is 5. The van der Waals surface area contributed by atoms with Crippen LogP contribution in [0.5, 0.6) is 23.0 Å². The number of anilines is 5. The smallest absolute Gasteiger partial charge is 0.354 e. The Morgan fingerprint density at radius 1 is 0.450 bits per heavy atom. The first-order chi connectivity index (χ1) is 61.6. The highest BCUT2D eigenvalue weighted by Crippen LogP contribution is 2.52. The number of rotatable bonds is 12. The van der Waals surface area contributed by atoms with Gasteiger partial charge in [0.05, 0.1) is 97.5 Å². The topological polar surface area (TPSA) is 333 Å². The van der Waals surface area contributed by atoms with E-state index in [9.17, 15) is 53.7 Å². The largest absolute Gasteiger partial charge is 0.507 e. The predicted octanol–water partition coefficient (Wildman–Crippen LogP) is 12.5. The summed E-state index contributed by atoms with van der Waals surface area (Å²) in [5.74, 6) is -10.9. The molecule has 0 saturated carbocycles. The Morgan fingerprint density at radius 2 is 0.806 bits per heavy atom. The standard InChI is InChI=1S/C32H30F2N6O4.C31H28F2N6O4.C31H29F2N5O4/c1-6-21(42)38-13-14-39-19(15-38)31(43)37(5)28-23-29(25(34)22(24(28)33)18-9-7-8-10-20(18)41)40(32(44)36-30(23)39)27-17(4)11-12-35-26(27)16(2)3;1-5-20(41)37-12-13-38-18(14-37)30(42)35-26-22-28(24(33)21(23(26)32)17-8-6-7-9-19(17)40)39(31(43)36-29(22)38)27-16(4)10-11-34-25(27)15(2)3;1-5-21(40)36-12-13-37-18(14-36)15-42-29-23-28(24(32)22(25(29)33)19-8-6-7-9-20(19)39)38(31(41)35-30(23)37)27-17(4)10-11-34-26(27)16(2)3/h6-12,16,19,41H,1,13-15H2,2-5H3;5-11,15,18,40H,1,12-14H2,2-4H3,(H,35,42);5-11,16,18,39H,1,12-15H2,2-4H3. The molecule has 3 fully saturated rings. The van der Waals surface area contributed by atoms with Crippen LogP contribution in [0.15, 0.2) is 162 Å². The Kier molecular flexibility index (Phi) is 23.1. The van der Waals surface area contributed by atoms with Crippen LogP contribution in [0.25, 0.3) is 83.2 Å². The van der Waals surface area contributed by atoms with Crippen LogP contribution in [0, 0.1) is 55.7 Å². The highest BCUT2D eigenvalue weighted by molar-refractivity contribution is 6.16. The molecule has 6 aliphatic heterocycles. The number of phenolic OH excluding ortho intramolecular Hbond substituents is 3. The van der Waals surface area contributed by atoms with Gasteiger partial charge in [0.15, 0.2) is 40.7 Å². The van der Waals surface area contributed by atoms with Crippen LogP contribution in [0.2, 0.25) is 0 Å². The number of ether oxygens (including phenoxy) is 1. The molecule has 3 atom stereocenters. The van der Waals surface area contributed by atoms with Gasteiger partial charge in [-0.15, -0.1) is 0 Å². The maximum absolute atomic E-state index is 17.2. The Hall–Kier alpha value is -15.1. The molecule has 6 aromatic heterocycles. The number of aryl methyl sites for hydroxylation is 3. The number of halogens is 6. The van der Waals surface area contributed by atoms with E-state index in [0.29, 0.717) is 51.7 Å². The number of aromatic hydroxyl groups is 3. The molecule has 12 aromatic rings. The van der Waals surface area contributed by atoms with Crippen LogP contribution in [0.4, 0.5) is 55.2 Å². The first-order valence-corrected chi connectivity index (χ1v) is 41.6. The number of nitrogens with one attached hydrogen (secondary N) is 1. The monoisotopic (exact) mass is 1760 g/mol. The quantitative estimate of drug-likeness (QED) is 0.0652. The van der Waals surface area contributed by atoms with E-state index >= 15 is 26.3 Å². The van der Waals surface area contributed by atoms with Gasteiger partial charge in [0.2, 0.25) is 23.6 Å². The number of aromatic nitrogens is 9. The van der Waals surface area contributed by atoms with Gasteiger partial charge in [-0.1, -0.05) is 116 Å². The molecule has 3 saturated heterocycles. The van der Waals surface area contributed by atoms with Crippen molar-refractivity contribution in [1.82, 2.24) is 58.3 Å². The minimum atomic E-state index is -1.14. The Balaban J connectivity index is 0.000000142. The van der Waals surface area contributed by atoms with Crippen molar-refractivity contribution in [2.45, 2.75) is 98.2 Å². The van der Waals surface area contributed by atoms with Gasteiger partial charge in [-0.25, -0.2) is 40.7 Å². The zero-order valence-electron chi connectivity index (χ0n) is 71.7. The second kappa shape index (κ2) is 34.0. The lowest BCUT2D eigenvalue weighted by molar-refractivity contribution is -0.129. The number of carbonyl (C=O) groups excluding carboxylic acids is 5. The van der Waals surface area contributed by atoms with E-state index in [4.69, 9.17) is 4.74 Å². The molecule has 6 aromatic carbocycles. The molecule has 18 rings (SSSR count). The Labute approximate surface area is 733 Å². The first-order valence-electron chi connectivity index (χ1n) is 41.6. The molecular formula is C94H87F6N17O12. The van der Waals surface area contributed by atoms with Crippen molar-refractivity contribution in [3.05, 3.63) is 248 Å². The minimum absolute atomic E-state index is 0.00673. The molecule has 29 nitrogen and oxygen atoms in total. The Bertz CT molecular complexity index is 7020. The maximum Gasteiger partial charge on any atom is 0.354 e. The zero-order chi connectivity index (χ0) is 92.2. The van der Waals surface area contributed by atoms with Crippen molar-refractivity contribution in [3.63, 3.8) is 0 Å². The molecule has 0 spiro atoms. The van der Waals surface area contributed by atoms with E-state index < -0.39 is 110 Å². The second-order valence-corrected chi connectivity index (χ2v) is 32.9. The van der Waals surface area contributed by atoms with Crippen LogP contribution in [0.3, 0.4) is 0 Å². The zero-order valence-corrected chi connectivity index (χ0v) is 71.7. The van der Waals surface area contributed by atoms with Crippen LogP contribution >= 0.6 is 0 Å². The van der Waals surface area contributed by atoms with Crippen molar-refractivity contribution in [3.8, 4) is 73.4 Å². The molecule has 35 heteroatoms. The lowest BCUT2D eigenvalue weighted by Gasteiger charge is -2.40. The summed E-state index contributed by atoms with van der Waals surface area (Å²) >= 11 is 0. The van der Waals surface area contributed by atoms with Gasteiger partial charge >= 0.3 is 17.1 Å². The summed E-state index contributed by atoms with van der Waals surface area (Å²) in [4.78, 5) is 144. The fourth-order valence-electron chi connectivity index (χ4n) is 18.1. The van der Waals surface area contributed by atoms with Crippen molar-refractivity contribution in [2.75, 3.05) is 97.5 Å².